The molecule has 7 heteroatoms. The first-order chi connectivity index (χ1) is 13.0. The summed E-state index contributed by atoms with van der Waals surface area (Å²) in [4.78, 5) is 26.0. The van der Waals surface area contributed by atoms with E-state index < -0.39 is 0 Å². The van der Waals surface area contributed by atoms with Crippen LogP contribution >= 0.6 is 11.6 Å². The minimum Gasteiger partial charge on any atom is -0.486 e. The average molecular weight is 389 g/mol. The van der Waals surface area contributed by atoms with Crippen molar-refractivity contribution in [2.24, 2.45) is 0 Å². The molecule has 0 fully saturated rings. The molecule has 0 aromatic heterocycles. The normalized spacial score (nSPS) is 12.4. The standard InChI is InChI=1S/C20H21ClN2O4/c1-13-16(21)4-3-5-17(13)23(14(2)24)9-8-20(25)22-15-6-7-18-19(12-15)27-11-10-26-18/h3-7,12H,8-11H2,1-2H3,(H,22,25). The van der Waals surface area contributed by atoms with E-state index in [1.54, 1.807) is 35.2 Å². The van der Waals surface area contributed by atoms with E-state index in [1.165, 1.54) is 6.92 Å². The fourth-order valence-corrected chi connectivity index (χ4v) is 3.06. The summed E-state index contributed by atoms with van der Waals surface area (Å²) in [6.45, 7) is 4.58. The third-order valence-electron chi connectivity index (χ3n) is 4.30. The van der Waals surface area contributed by atoms with Crippen molar-refractivity contribution in [1.29, 1.82) is 0 Å². The number of carbonyl (C=O) groups is 2. The second-order valence-corrected chi connectivity index (χ2v) is 6.62. The zero-order chi connectivity index (χ0) is 19.4. The Hall–Kier alpha value is -2.73. The van der Waals surface area contributed by atoms with Gasteiger partial charge in [0.05, 0.1) is 0 Å². The van der Waals surface area contributed by atoms with Crippen LogP contribution in [0.5, 0.6) is 11.5 Å². The van der Waals surface area contributed by atoms with E-state index in [1.807, 2.05) is 13.0 Å². The SMILES string of the molecule is CC(=O)N(CCC(=O)Nc1ccc2c(c1)OCCO2)c1cccc(Cl)c1C. The highest BCUT2D eigenvalue weighted by Gasteiger charge is 2.17. The number of benzene rings is 2. The van der Waals surface area contributed by atoms with Crippen LogP contribution in [0, 0.1) is 6.92 Å². The van der Waals surface area contributed by atoms with E-state index in [9.17, 15) is 9.59 Å². The van der Waals surface area contributed by atoms with Gasteiger partial charge in [-0.25, -0.2) is 0 Å². The van der Waals surface area contributed by atoms with Crippen LogP contribution in [0.25, 0.3) is 0 Å². The average Bonchev–Trinajstić information content (AvgIpc) is 2.65. The maximum Gasteiger partial charge on any atom is 0.226 e. The van der Waals surface area contributed by atoms with Gasteiger partial charge in [0.1, 0.15) is 13.2 Å². The molecule has 0 bridgehead atoms. The van der Waals surface area contributed by atoms with Gasteiger partial charge < -0.3 is 19.7 Å². The van der Waals surface area contributed by atoms with Crippen LogP contribution in [0.1, 0.15) is 18.9 Å². The van der Waals surface area contributed by atoms with Crippen molar-refractivity contribution in [3.63, 3.8) is 0 Å². The molecular formula is C20H21ClN2O4. The molecule has 2 aromatic rings. The van der Waals surface area contributed by atoms with Gasteiger partial charge in [-0.2, -0.15) is 0 Å². The molecule has 0 radical (unpaired) electrons. The first kappa shape index (κ1) is 19.0. The smallest absolute Gasteiger partial charge is 0.226 e. The van der Waals surface area contributed by atoms with Crippen molar-refractivity contribution in [3.05, 3.63) is 47.0 Å². The molecule has 0 saturated carbocycles. The molecule has 0 saturated heterocycles. The molecule has 0 atom stereocenters. The third kappa shape index (κ3) is 4.52. The first-order valence-electron chi connectivity index (χ1n) is 8.68. The van der Waals surface area contributed by atoms with E-state index in [-0.39, 0.29) is 24.8 Å². The zero-order valence-corrected chi connectivity index (χ0v) is 16.0. The summed E-state index contributed by atoms with van der Waals surface area (Å²) >= 11 is 6.15. The number of carbonyl (C=O) groups excluding carboxylic acids is 2. The van der Waals surface area contributed by atoms with Crippen LogP contribution in [-0.4, -0.2) is 31.6 Å². The fraction of sp³-hybridized carbons (Fsp3) is 0.300. The van der Waals surface area contributed by atoms with E-state index >= 15 is 0 Å². The van der Waals surface area contributed by atoms with Crippen LogP contribution in [-0.2, 0) is 9.59 Å². The predicted molar refractivity (Wildman–Crippen MR) is 105 cm³/mol. The second kappa shape index (κ2) is 8.31. The lowest BCUT2D eigenvalue weighted by Crippen LogP contribution is -2.32. The Morgan fingerprint density at radius 3 is 2.63 bits per heavy atom. The monoisotopic (exact) mass is 388 g/mol. The molecule has 1 aliphatic heterocycles. The van der Waals surface area contributed by atoms with Gasteiger partial charge in [0, 0.05) is 42.4 Å². The van der Waals surface area contributed by atoms with Gasteiger partial charge in [0.2, 0.25) is 11.8 Å². The number of hydrogen-bond donors (Lipinski definition) is 1. The Balaban J connectivity index is 1.65. The number of rotatable bonds is 5. The van der Waals surface area contributed by atoms with Crippen molar-refractivity contribution in [1.82, 2.24) is 0 Å². The number of anilines is 2. The Bertz CT molecular complexity index is 869. The van der Waals surface area contributed by atoms with Crippen molar-refractivity contribution in [2.75, 3.05) is 30.0 Å². The van der Waals surface area contributed by atoms with Gasteiger partial charge in [0.15, 0.2) is 11.5 Å². The lowest BCUT2D eigenvalue weighted by atomic mass is 10.1. The van der Waals surface area contributed by atoms with Gasteiger partial charge in [-0.3, -0.25) is 9.59 Å². The van der Waals surface area contributed by atoms with Crippen molar-refractivity contribution >= 4 is 34.8 Å². The molecule has 1 aliphatic rings. The Labute approximate surface area is 163 Å². The topological polar surface area (TPSA) is 67.9 Å². The lowest BCUT2D eigenvalue weighted by molar-refractivity contribution is -0.117. The summed E-state index contributed by atoms with van der Waals surface area (Å²) in [7, 11) is 0. The highest BCUT2D eigenvalue weighted by molar-refractivity contribution is 6.31. The molecular weight excluding hydrogens is 368 g/mol. The molecule has 142 valence electrons. The largest absolute Gasteiger partial charge is 0.486 e. The number of nitrogens with zero attached hydrogens (tertiary/aromatic N) is 1. The van der Waals surface area contributed by atoms with Crippen LogP contribution in [0.3, 0.4) is 0 Å². The zero-order valence-electron chi connectivity index (χ0n) is 15.3. The summed E-state index contributed by atoms with van der Waals surface area (Å²) in [6.07, 6.45) is 0.153. The number of halogens is 1. The van der Waals surface area contributed by atoms with Gasteiger partial charge in [0.25, 0.3) is 0 Å². The third-order valence-corrected chi connectivity index (χ3v) is 4.71. The highest BCUT2D eigenvalue weighted by Crippen LogP contribution is 2.32. The summed E-state index contributed by atoms with van der Waals surface area (Å²) in [5.41, 5.74) is 2.14. The number of nitrogens with one attached hydrogen (secondary N) is 1. The molecule has 3 rings (SSSR count). The fourth-order valence-electron chi connectivity index (χ4n) is 2.89. The minimum atomic E-state index is -0.197. The maximum atomic E-state index is 12.3. The summed E-state index contributed by atoms with van der Waals surface area (Å²) in [5, 5.41) is 3.41. The van der Waals surface area contributed by atoms with Gasteiger partial charge >= 0.3 is 0 Å². The van der Waals surface area contributed by atoms with E-state index in [0.29, 0.717) is 41.1 Å². The van der Waals surface area contributed by atoms with Crippen LogP contribution < -0.4 is 19.7 Å². The van der Waals surface area contributed by atoms with E-state index in [4.69, 9.17) is 21.1 Å². The molecule has 6 nitrogen and oxygen atoms in total. The Kier molecular flexibility index (Phi) is 5.86. The summed E-state index contributed by atoms with van der Waals surface area (Å²) in [6, 6.07) is 10.6. The van der Waals surface area contributed by atoms with E-state index in [2.05, 4.69) is 5.32 Å². The highest BCUT2D eigenvalue weighted by atomic mass is 35.5. The quantitative estimate of drug-likeness (QED) is 0.845. The van der Waals surface area contributed by atoms with Gasteiger partial charge in [-0.15, -0.1) is 0 Å². The molecule has 2 amide bonds. The molecule has 0 unspecified atom stereocenters. The van der Waals surface area contributed by atoms with Crippen LogP contribution in [0.4, 0.5) is 11.4 Å². The first-order valence-corrected chi connectivity index (χ1v) is 9.06. The predicted octanol–water partition coefficient (Wildman–Crippen LogP) is 3.80. The minimum absolute atomic E-state index is 0.146. The van der Waals surface area contributed by atoms with Gasteiger partial charge in [-0.1, -0.05) is 17.7 Å². The molecule has 1 N–H and O–H groups in total. The van der Waals surface area contributed by atoms with E-state index in [0.717, 1.165) is 5.56 Å². The molecule has 27 heavy (non-hydrogen) atoms. The van der Waals surface area contributed by atoms with Crippen molar-refractivity contribution in [3.8, 4) is 11.5 Å². The second-order valence-electron chi connectivity index (χ2n) is 6.21. The van der Waals surface area contributed by atoms with Crippen molar-refractivity contribution in [2.45, 2.75) is 20.3 Å². The molecule has 0 aliphatic carbocycles. The summed E-state index contributed by atoms with van der Waals surface area (Å²) < 4.78 is 11.0. The number of ether oxygens (including phenoxy) is 2. The van der Waals surface area contributed by atoms with Crippen LogP contribution in [0.2, 0.25) is 5.02 Å². The number of hydrogen-bond acceptors (Lipinski definition) is 4. The maximum absolute atomic E-state index is 12.3. The van der Waals surface area contributed by atoms with Gasteiger partial charge in [-0.05, 0) is 36.8 Å². The molecule has 2 aromatic carbocycles. The Morgan fingerprint density at radius 2 is 1.89 bits per heavy atom. The molecule has 0 spiro atoms. The Morgan fingerprint density at radius 1 is 1.15 bits per heavy atom. The number of fused-ring (bicyclic) bond motifs is 1. The molecule has 1 heterocycles. The summed E-state index contributed by atoms with van der Waals surface area (Å²) in [5.74, 6) is 0.933. The van der Waals surface area contributed by atoms with Crippen molar-refractivity contribution < 1.29 is 19.1 Å². The number of amides is 2. The van der Waals surface area contributed by atoms with Crippen LogP contribution in [0.15, 0.2) is 36.4 Å². The lowest BCUT2D eigenvalue weighted by Gasteiger charge is -2.23.